The number of imidazole rings is 1. The SMILES string of the molecule is CC(C)(C)OC(=O)NCCCCCC(=O)N[C@@H](Cc1ccccc1)C(=O)N[C@@H](Cc1cnc[nH]1)C(N)=O. The summed E-state index contributed by atoms with van der Waals surface area (Å²) in [6, 6.07) is 7.44. The average Bonchev–Trinajstić information content (AvgIpc) is 3.33. The van der Waals surface area contributed by atoms with E-state index in [9.17, 15) is 19.2 Å². The molecule has 11 nitrogen and oxygen atoms in total. The molecule has 4 amide bonds. The van der Waals surface area contributed by atoms with Crippen LogP contribution in [0.4, 0.5) is 4.79 Å². The van der Waals surface area contributed by atoms with E-state index in [2.05, 4.69) is 25.9 Å². The van der Waals surface area contributed by atoms with E-state index in [0.29, 0.717) is 31.5 Å². The second-order valence-electron chi connectivity index (χ2n) is 9.79. The number of unbranched alkanes of at least 4 members (excludes halogenated alkanes) is 2. The fraction of sp³-hybridized carbons (Fsp3) is 0.500. The van der Waals surface area contributed by atoms with Crippen LogP contribution in [0.25, 0.3) is 0 Å². The summed E-state index contributed by atoms with van der Waals surface area (Å²) in [5.41, 5.74) is 6.45. The number of nitrogens with zero attached hydrogens (tertiary/aromatic N) is 1. The van der Waals surface area contributed by atoms with Gasteiger partial charge < -0.3 is 31.4 Å². The second kappa shape index (κ2) is 14.6. The molecule has 0 radical (unpaired) electrons. The highest BCUT2D eigenvalue weighted by Crippen LogP contribution is 2.08. The molecular weight excluding hydrogens is 476 g/mol. The first-order valence-electron chi connectivity index (χ1n) is 12.4. The number of primary amides is 1. The van der Waals surface area contributed by atoms with Crippen molar-refractivity contribution < 1.29 is 23.9 Å². The number of nitrogens with one attached hydrogen (secondary N) is 4. The average molecular weight is 515 g/mol. The maximum Gasteiger partial charge on any atom is 0.407 e. The molecule has 0 aliphatic heterocycles. The van der Waals surface area contributed by atoms with E-state index in [1.807, 2.05) is 30.3 Å². The van der Waals surface area contributed by atoms with Crippen LogP contribution in [-0.2, 0) is 32.0 Å². The summed E-state index contributed by atoms with van der Waals surface area (Å²) in [7, 11) is 0. The van der Waals surface area contributed by atoms with E-state index >= 15 is 0 Å². The van der Waals surface area contributed by atoms with Crippen LogP contribution in [0.2, 0.25) is 0 Å². The normalized spacial score (nSPS) is 12.7. The number of aromatic amines is 1. The van der Waals surface area contributed by atoms with Gasteiger partial charge in [0.05, 0.1) is 6.33 Å². The van der Waals surface area contributed by atoms with Gasteiger partial charge in [-0.15, -0.1) is 0 Å². The van der Waals surface area contributed by atoms with Gasteiger partial charge >= 0.3 is 6.09 Å². The number of ether oxygens (including phenoxy) is 1. The third-order valence-corrected chi connectivity index (χ3v) is 5.32. The Morgan fingerprint density at radius 1 is 1.00 bits per heavy atom. The van der Waals surface area contributed by atoms with Gasteiger partial charge in [-0.3, -0.25) is 14.4 Å². The number of rotatable bonds is 14. The highest BCUT2D eigenvalue weighted by Gasteiger charge is 2.26. The summed E-state index contributed by atoms with van der Waals surface area (Å²) in [6.07, 6.45) is 5.18. The second-order valence-corrected chi connectivity index (χ2v) is 9.79. The van der Waals surface area contributed by atoms with Crippen LogP contribution in [0.15, 0.2) is 42.9 Å². The number of carbonyl (C=O) groups is 4. The first-order valence-corrected chi connectivity index (χ1v) is 12.4. The lowest BCUT2D eigenvalue weighted by atomic mass is 10.0. The molecule has 0 aliphatic rings. The maximum absolute atomic E-state index is 13.1. The highest BCUT2D eigenvalue weighted by molar-refractivity contribution is 5.91. The van der Waals surface area contributed by atoms with E-state index in [-0.39, 0.29) is 25.2 Å². The molecule has 0 aliphatic carbocycles. The first kappa shape index (κ1) is 29.3. The van der Waals surface area contributed by atoms with Crippen molar-refractivity contribution in [2.75, 3.05) is 6.54 Å². The number of aromatic nitrogens is 2. The van der Waals surface area contributed by atoms with Crippen LogP contribution in [0, 0.1) is 0 Å². The third kappa shape index (κ3) is 12.1. The van der Waals surface area contributed by atoms with Crippen LogP contribution in [0.5, 0.6) is 0 Å². The molecule has 37 heavy (non-hydrogen) atoms. The lowest BCUT2D eigenvalue weighted by Crippen LogP contribution is -2.54. The Morgan fingerprint density at radius 2 is 1.73 bits per heavy atom. The predicted octanol–water partition coefficient (Wildman–Crippen LogP) is 1.73. The molecular formula is C26H38N6O5. The van der Waals surface area contributed by atoms with Crippen molar-refractivity contribution in [3.05, 3.63) is 54.1 Å². The number of benzene rings is 1. The van der Waals surface area contributed by atoms with E-state index in [1.165, 1.54) is 6.33 Å². The molecule has 1 heterocycles. The Kier molecular flexibility index (Phi) is 11.6. The van der Waals surface area contributed by atoms with Gasteiger partial charge in [-0.2, -0.15) is 0 Å². The topological polar surface area (TPSA) is 168 Å². The standard InChI is InChI=1S/C26H38N6O5/c1-26(2,3)37-25(36)29-13-9-5-8-12-22(33)31-21(14-18-10-6-4-7-11-18)24(35)32-20(23(27)34)15-19-16-28-17-30-19/h4,6-7,10-11,16-17,20-21H,5,8-9,12-15H2,1-3H3,(H2,27,34)(H,28,30)(H,29,36)(H,31,33)(H,32,35)/t20-,21-/m0/s1. The van der Waals surface area contributed by atoms with E-state index in [0.717, 1.165) is 5.56 Å². The van der Waals surface area contributed by atoms with Gasteiger partial charge in [-0.1, -0.05) is 36.8 Å². The van der Waals surface area contributed by atoms with Crippen LogP contribution in [0.1, 0.15) is 57.7 Å². The lowest BCUT2D eigenvalue weighted by molar-refractivity contribution is -0.131. The Morgan fingerprint density at radius 3 is 2.35 bits per heavy atom. The Labute approximate surface area is 217 Å². The zero-order valence-electron chi connectivity index (χ0n) is 21.7. The number of carbonyl (C=O) groups excluding carboxylic acids is 4. The van der Waals surface area contributed by atoms with Crippen molar-refractivity contribution in [1.29, 1.82) is 0 Å². The van der Waals surface area contributed by atoms with Gasteiger partial charge in [0.25, 0.3) is 0 Å². The van der Waals surface area contributed by atoms with Crippen molar-refractivity contribution >= 4 is 23.8 Å². The molecule has 0 unspecified atom stereocenters. The summed E-state index contributed by atoms with van der Waals surface area (Å²) in [4.78, 5) is 56.1. The third-order valence-electron chi connectivity index (χ3n) is 5.32. The van der Waals surface area contributed by atoms with E-state index < -0.39 is 35.6 Å². The molecule has 2 aromatic rings. The lowest BCUT2D eigenvalue weighted by Gasteiger charge is -2.22. The van der Waals surface area contributed by atoms with Gasteiger partial charge in [-0.05, 0) is 39.2 Å². The number of amides is 4. The number of H-pyrrole nitrogens is 1. The summed E-state index contributed by atoms with van der Waals surface area (Å²) in [5, 5.41) is 8.14. The van der Waals surface area contributed by atoms with Gasteiger partial charge in [0.15, 0.2) is 0 Å². The van der Waals surface area contributed by atoms with Crippen molar-refractivity contribution in [2.45, 2.75) is 77.0 Å². The van der Waals surface area contributed by atoms with Gasteiger partial charge in [0.2, 0.25) is 17.7 Å². The summed E-state index contributed by atoms with van der Waals surface area (Å²) in [5.74, 6) is -1.46. The molecule has 1 aromatic carbocycles. The summed E-state index contributed by atoms with van der Waals surface area (Å²) in [6.45, 7) is 5.83. The Bertz CT molecular complexity index is 1000. The molecule has 2 rings (SSSR count). The van der Waals surface area contributed by atoms with Crippen molar-refractivity contribution in [3.8, 4) is 0 Å². The summed E-state index contributed by atoms with van der Waals surface area (Å²) >= 11 is 0. The monoisotopic (exact) mass is 514 g/mol. The molecule has 2 atom stereocenters. The van der Waals surface area contributed by atoms with Crippen LogP contribution in [-0.4, -0.2) is 58.0 Å². The number of nitrogens with two attached hydrogens (primary N) is 1. The van der Waals surface area contributed by atoms with Gasteiger partial charge in [0.1, 0.15) is 17.7 Å². The number of hydrogen-bond donors (Lipinski definition) is 5. The predicted molar refractivity (Wildman–Crippen MR) is 138 cm³/mol. The molecule has 0 bridgehead atoms. The highest BCUT2D eigenvalue weighted by atomic mass is 16.6. The minimum atomic E-state index is -0.958. The van der Waals surface area contributed by atoms with Crippen LogP contribution >= 0.6 is 0 Å². The molecule has 11 heteroatoms. The molecule has 6 N–H and O–H groups in total. The zero-order valence-corrected chi connectivity index (χ0v) is 21.7. The molecule has 0 spiro atoms. The fourth-order valence-corrected chi connectivity index (χ4v) is 3.53. The van der Waals surface area contributed by atoms with Crippen molar-refractivity contribution in [1.82, 2.24) is 25.9 Å². The van der Waals surface area contributed by atoms with E-state index in [1.54, 1.807) is 27.0 Å². The largest absolute Gasteiger partial charge is 0.444 e. The van der Waals surface area contributed by atoms with Crippen LogP contribution in [0.3, 0.4) is 0 Å². The van der Waals surface area contributed by atoms with E-state index in [4.69, 9.17) is 10.5 Å². The molecule has 0 saturated heterocycles. The van der Waals surface area contributed by atoms with Gasteiger partial charge in [-0.25, -0.2) is 9.78 Å². The fourth-order valence-electron chi connectivity index (χ4n) is 3.53. The molecule has 202 valence electrons. The van der Waals surface area contributed by atoms with Crippen molar-refractivity contribution in [2.24, 2.45) is 5.73 Å². The van der Waals surface area contributed by atoms with Crippen molar-refractivity contribution in [3.63, 3.8) is 0 Å². The molecule has 0 saturated carbocycles. The molecule has 0 fully saturated rings. The smallest absolute Gasteiger partial charge is 0.407 e. The minimum absolute atomic E-state index is 0.157. The first-order chi connectivity index (χ1) is 17.5. The number of alkyl carbamates (subject to hydrolysis) is 1. The van der Waals surface area contributed by atoms with Crippen LogP contribution < -0.4 is 21.7 Å². The minimum Gasteiger partial charge on any atom is -0.444 e. The van der Waals surface area contributed by atoms with Gasteiger partial charge in [0, 0.05) is 37.7 Å². The quantitative estimate of drug-likeness (QED) is 0.241. The summed E-state index contributed by atoms with van der Waals surface area (Å²) < 4.78 is 5.18. The Hall–Kier alpha value is -3.89. The Balaban J connectivity index is 1.87. The molecule has 1 aromatic heterocycles. The zero-order chi connectivity index (χ0) is 27.3. The maximum atomic E-state index is 13.1. The number of hydrogen-bond acceptors (Lipinski definition) is 6.